The molecule has 6 heteroatoms. The molecule has 2 aromatic rings. The van der Waals surface area contributed by atoms with Crippen LogP contribution in [0, 0.1) is 0 Å². The predicted octanol–water partition coefficient (Wildman–Crippen LogP) is 4.14. The Kier molecular flexibility index (Phi) is 7.53. The first kappa shape index (κ1) is 22.1. The second kappa shape index (κ2) is 9.87. The number of carbonyl (C=O) groups excluding carboxylic acids is 3. The summed E-state index contributed by atoms with van der Waals surface area (Å²) in [6.07, 6.45) is 0.426. The van der Waals surface area contributed by atoms with E-state index in [1.54, 1.807) is 31.2 Å². The van der Waals surface area contributed by atoms with E-state index in [2.05, 4.69) is 26.1 Å². The molecule has 0 saturated heterocycles. The average molecular weight is 397 g/mol. The Morgan fingerprint density at radius 1 is 0.897 bits per heavy atom. The highest BCUT2D eigenvalue weighted by atomic mass is 16.6. The predicted molar refractivity (Wildman–Crippen MR) is 111 cm³/mol. The van der Waals surface area contributed by atoms with Gasteiger partial charge in [-0.25, -0.2) is 4.79 Å². The normalized spacial score (nSPS) is 10.9. The molecule has 0 spiro atoms. The number of hydrogen-bond donors (Lipinski definition) is 1. The van der Waals surface area contributed by atoms with E-state index in [-0.39, 0.29) is 17.8 Å². The van der Waals surface area contributed by atoms with Crippen LogP contribution in [-0.4, -0.2) is 30.9 Å². The van der Waals surface area contributed by atoms with Crippen molar-refractivity contribution in [3.05, 3.63) is 59.7 Å². The monoisotopic (exact) mass is 397 g/mol. The summed E-state index contributed by atoms with van der Waals surface area (Å²) < 4.78 is 10.2. The molecular weight excluding hydrogens is 370 g/mol. The molecule has 0 saturated carbocycles. The van der Waals surface area contributed by atoms with Crippen LogP contribution in [0.1, 0.15) is 50.0 Å². The molecular formula is C23H27NO5. The van der Waals surface area contributed by atoms with Crippen LogP contribution in [0.4, 0.5) is 5.69 Å². The fourth-order valence-electron chi connectivity index (χ4n) is 2.52. The average Bonchev–Trinajstić information content (AvgIpc) is 2.70. The van der Waals surface area contributed by atoms with Gasteiger partial charge in [0, 0.05) is 17.7 Å². The Hall–Kier alpha value is -3.15. The number of ketones is 1. The second-order valence-electron chi connectivity index (χ2n) is 7.63. The van der Waals surface area contributed by atoms with Gasteiger partial charge < -0.3 is 14.8 Å². The van der Waals surface area contributed by atoms with Crippen molar-refractivity contribution in [2.45, 2.75) is 39.5 Å². The lowest BCUT2D eigenvalue weighted by atomic mass is 9.87. The number of anilines is 1. The summed E-state index contributed by atoms with van der Waals surface area (Å²) in [6, 6.07) is 14.1. The van der Waals surface area contributed by atoms with Crippen LogP contribution in [0.2, 0.25) is 0 Å². The summed E-state index contributed by atoms with van der Waals surface area (Å²) in [4.78, 5) is 35.3. The molecule has 0 radical (unpaired) electrons. The van der Waals surface area contributed by atoms with E-state index in [1.807, 2.05) is 24.3 Å². The van der Waals surface area contributed by atoms with Gasteiger partial charge in [-0.15, -0.1) is 0 Å². The summed E-state index contributed by atoms with van der Waals surface area (Å²) in [6.45, 7) is 7.41. The smallest absolute Gasteiger partial charge is 0.344 e. The van der Waals surface area contributed by atoms with Crippen molar-refractivity contribution >= 4 is 23.3 Å². The Labute approximate surface area is 171 Å². The molecule has 1 amide bonds. The molecule has 0 unspecified atom stereocenters. The van der Waals surface area contributed by atoms with Crippen LogP contribution in [0.5, 0.6) is 5.75 Å². The number of nitrogens with one attached hydrogen (secondary N) is 1. The number of amides is 1. The van der Waals surface area contributed by atoms with Gasteiger partial charge in [0.25, 0.3) is 5.91 Å². The highest BCUT2D eigenvalue weighted by molar-refractivity contribution is 5.96. The third-order valence-corrected chi connectivity index (χ3v) is 4.25. The molecule has 1 N–H and O–H groups in total. The van der Waals surface area contributed by atoms with E-state index in [4.69, 9.17) is 9.47 Å². The van der Waals surface area contributed by atoms with Crippen LogP contribution < -0.4 is 10.1 Å². The minimum atomic E-state index is -0.656. The molecule has 154 valence electrons. The number of rotatable bonds is 8. The van der Waals surface area contributed by atoms with Gasteiger partial charge in [0.15, 0.2) is 19.0 Å². The number of benzene rings is 2. The molecule has 0 aliphatic heterocycles. The van der Waals surface area contributed by atoms with Gasteiger partial charge in [-0.3, -0.25) is 9.59 Å². The van der Waals surface area contributed by atoms with Crippen molar-refractivity contribution in [3.8, 4) is 5.75 Å². The van der Waals surface area contributed by atoms with Crippen molar-refractivity contribution in [2.24, 2.45) is 0 Å². The van der Waals surface area contributed by atoms with Crippen molar-refractivity contribution in [1.82, 2.24) is 0 Å². The van der Waals surface area contributed by atoms with Crippen molar-refractivity contribution in [1.29, 1.82) is 0 Å². The molecule has 0 aromatic heterocycles. The maximum atomic E-state index is 11.9. The number of hydrogen-bond acceptors (Lipinski definition) is 5. The molecule has 0 aliphatic carbocycles. The topological polar surface area (TPSA) is 81.7 Å². The van der Waals surface area contributed by atoms with E-state index >= 15 is 0 Å². The summed E-state index contributed by atoms with van der Waals surface area (Å²) in [7, 11) is 0. The highest BCUT2D eigenvalue weighted by Crippen LogP contribution is 2.23. The third-order valence-electron chi connectivity index (χ3n) is 4.25. The Morgan fingerprint density at radius 3 is 2.07 bits per heavy atom. The molecule has 2 aromatic carbocycles. The third kappa shape index (κ3) is 7.07. The quantitative estimate of drug-likeness (QED) is 0.535. The van der Waals surface area contributed by atoms with E-state index in [9.17, 15) is 14.4 Å². The molecule has 0 heterocycles. The first-order chi connectivity index (χ1) is 13.7. The zero-order chi connectivity index (χ0) is 21.4. The maximum absolute atomic E-state index is 11.9. The fourth-order valence-corrected chi connectivity index (χ4v) is 2.52. The van der Waals surface area contributed by atoms with Gasteiger partial charge in [0.2, 0.25) is 0 Å². The highest BCUT2D eigenvalue weighted by Gasteiger charge is 2.14. The number of carbonyl (C=O) groups is 3. The molecule has 6 nitrogen and oxygen atoms in total. The lowest BCUT2D eigenvalue weighted by molar-refractivity contribution is -0.149. The summed E-state index contributed by atoms with van der Waals surface area (Å²) in [5.74, 6) is -0.603. The van der Waals surface area contributed by atoms with Gasteiger partial charge in [-0.2, -0.15) is 0 Å². The van der Waals surface area contributed by atoms with Crippen LogP contribution in [0.15, 0.2) is 48.5 Å². The summed E-state index contributed by atoms with van der Waals surface area (Å²) >= 11 is 0. The first-order valence-corrected chi connectivity index (χ1v) is 9.51. The van der Waals surface area contributed by atoms with Gasteiger partial charge in [0.1, 0.15) is 5.75 Å². The largest absolute Gasteiger partial charge is 0.482 e. The van der Waals surface area contributed by atoms with Gasteiger partial charge >= 0.3 is 5.97 Å². The maximum Gasteiger partial charge on any atom is 0.344 e. The molecule has 0 aliphatic rings. The minimum Gasteiger partial charge on any atom is -0.482 e. The number of Topliss-reactive ketones (excluding diaryl/α,β-unsaturated/α-hetero) is 1. The second-order valence-corrected chi connectivity index (χ2v) is 7.63. The van der Waals surface area contributed by atoms with E-state index < -0.39 is 18.5 Å². The zero-order valence-electron chi connectivity index (χ0n) is 17.3. The number of ether oxygens (including phenoxy) is 2. The SMILES string of the molecule is CCC(=O)c1ccc(OCC(=O)OCC(=O)Nc2ccc(C(C)(C)C)cc2)cc1. The standard InChI is InChI=1S/C23H27NO5/c1-5-20(25)16-6-12-19(13-7-16)28-15-22(27)29-14-21(26)24-18-10-8-17(9-11-18)23(2,3)4/h6-13H,5,14-15H2,1-4H3,(H,24,26). The Bertz CT molecular complexity index is 848. The molecule has 0 atom stereocenters. The minimum absolute atomic E-state index is 0.0317. The molecule has 0 fully saturated rings. The lowest BCUT2D eigenvalue weighted by Crippen LogP contribution is -2.23. The Morgan fingerprint density at radius 2 is 1.52 bits per heavy atom. The van der Waals surface area contributed by atoms with Crippen LogP contribution >= 0.6 is 0 Å². The van der Waals surface area contributed by atoms with E-state index in [0.29, 0.717) is 23.4 Å². The van der Waals surface area contributed by atoms with E-state index in [0.717, 1.165) is 5.56 Å². The van der Waals surface area contributed by atoms with E-state index in [1.165, 1.54) is 0 Å². The van der Waals surface area contributed by atoms with Crippen LogP contribution in [0.3, 0.4) is 0 Å². The van der Waals surface area contributed by atoms with Crippen LogP contribution in [0.25, 0.3) is 0 Å². The first-order valence-electron chi connectivity index (χ1n) is 9.51. The summed E-state index contributed by atoms with van der Waals surface area (Å²) in [5, 5.41) is 2.68. The Balaban J connectivity index is 1.74. The van der Waals surface area contributed by atoms with Crippen LogP contribution in [-0.2, 0) is 19.7 Å². The van der Waals surface area contributed by atoms with Crippen molar-refractivity contribution in [3.63, 3.8) is 0 Å². The van der Waals surface area contributed by atoms with Crippen molar-refractivity contribution in [2.75, 3.05) is 18.5 Å². The lowest BCUT2D eigenvalue weighted by Gasteiger charge is -2.19. The van der Waals surface area contributed by atoms with Crippen molar-refractivity contribution < 1.29 is 23.9 Å². The van der Waals surface area contributed by atoms with Gasteiger partial charge in [-0.05, 0) is 47.4 Å². The summed E-state index contributed by atoms with van der Waals surface area (Å²) in [5.41, 5.74) is 2.42. The molecule has 0 bridgehead atoms. The molecule has 2 rings (SSSR count). The van der Waals surface area contributed by atoms with Gasteiger partial charge in [0.05, 0.1) is 0 Å². The van der Waals surface area contributed by atoms with Gasteiger partial charge in [-0.1, -0.05) is 39.8 Å². The zero-order valence-corrected chi connectivity index (χ0v) is 17.3. The fraction of sp³-hybridized carbons (Fsp3) is 0.348. The molecule has 29 heavy (non-hydrogen) atoms. The number of esters is 1.